The summed E-state index contributed by atoms with van der Waals surface area (Å²) in [7, 11) is 0. The topological polar surface area (TPSA) is 69.6 Å². The van der Waals surface area contributed by atoms with Crippen molar-refractivity contribution in [2.24, 2.45) is 5.92 Å². The molecule has 1 unspecified atom stereocenters. The Hall–Kier alpha value is -1.88. The first-order chi connectivity index (χ1) is 9.60. The third-order valence-corrected chi connectivity index (χ3v) is 3.58. The van der Waals surface area contributed by atoms with Crippen molar-refractivity contribution in [2.75, 3.05) is 26.2 Å². The van der Waals surface area contributed by atoms with Crippen LogP contribution in [0.2, 0.25) is 0 Å². The van der Waals surface area contributed by atoms with Crippen LogP contribution < -0.4 is 5.32 Å². The first-order valence-electron chi connectivity index (χ1n) is 6.83. The van der Waals surface area contributed by atoms with Crippen LogP contribution in [0.25, 0.3) is 0 Å². The van der Waals surface area contributed by atoms with Gasteiger partial charge in [-0.3, -0.25) is 9.59 Å². The van der Waals surface area contributed by atoms with E-state index in [0.29, 0.717) is 18.7 Å². The maximum atomic E-state index is 11.9. The number of aliphatic hydroxyl groups is 1. The molecule has 1 aromatic carbocycles. The molecule has 0 radical (unpaired) electrons. The van der Waals surface area contributed by atoms with Crippen LogP contribution >= 0.6 is 0 Å². The van der Waals surface area contributed by atoms with Gasteiger partial charge in [-0.15, -0.1) is 0 Å². The summed E-state index contributed by atoms with van der Waals surface area (Å²) in [5, 5.41) is 11.7. The van der Waals surface area contributed by atoms with Crippen molar-refractivity contribution in [1.82, 2.24) is 10.2 Å². The van der Waals surface area contributed by atoms with Gasteiger partial charge in [0.25, 0.3) is 5.91 Å². The van der Waals surface area contributed by atoms with Crippen molar-refractivity contribution in [3.63, 3.8) is 0 Å². The fourth-order valence-corrected chi connectivity index (χ4v) is 2.36. The number of hydrogen-bond donors (Lipinski definition) is 2. The molecule has 20 heavy (non-hydrogen) atoms. The van der Waals surface area contributed by atoms with E-state index in [9.17, 15) is 9.59 Å². The van der Waals surface area contributed by atoms with Gasteiger partial charge in [0.05, 0.1) is 6.54 Å². The molecule has 1 atom stereocenters. The molecule has 1 aromatic rings. The van der Waals surface area contributed by atoms with Crippen LogP contribution in [-0.2, 0) is 4.79 Å². The quantitative estimate of drug-likeness (QED) is 0.844. The van der Waals surface area contributed by atoms with E-state index in [4.69, 9.17) is 5.11 Å². The summed E-state index contributed by atoms with van der Waals surface area (Å²) in [5.41, 5.74) is 1.57. The minimum Gasteiger partial charge on any atom is -0.396 e. The summed E-state index contributed by atoms with van der Waals surface area (Å²) < 4.78 is 0. The van der Waals surface area contributed by atoms with Gasteiger partial charge < -0.3 is 15.3 Å². The normalized spacial score (nSPS) is 18.1. The lowest BCUT2D eigenvalue weighted by molar-refractivity contribution is -0.129. The molecule has 0 saturated carbocycles. The predicted molar refractivity (Wildman–Crippen MR) is 75.3 cm³/mol. The van der Waals surface area contributed by atoms with E-state index in [1.165, 1.54) is 0 Å². The Morgan fingerprint density at radius 2 is 2.25 bits per heavy atom. The van der Waals surface area contributed by atoms with Crippen molar-refractivity contribution >= 4 is 11.8 Å². The summed E-state index contributed by atoms with van der Waals surface area (Å²) in [5.74, 6) is -0.159. The highest BCUT2D eigenvalue weighted by atomic mass is 16.3. The maximum absolute atomic E-state index is 11.9. The van der Waals surface area contributed by atoms with Crippen LogP contribution in [-0.4, -0.2) is 48.1 Å². The van der Waals surface area contributed by atoms with Crippen molar-refractivity contribution in [3.8, 4) is 0 Å². The number of hydrogen-bond acceptors (Lipinski definition) is 3. The van der Waals surface area contributed by atoms with Crippen molar-refractivity contribution in [2.45, 2.75) is 13.3 Å². The van der Waals surface area contributed by atoms with Gasteiger partial charge in [-0.2, -0.15) is 0 Å². The Balaban J connectivity index is 1.83. The van der Waals surface area contributed by atoms with Crippen LogP contribution in [0.3, 0.4) is 0 Å². The molecule has 1 fully saturated rings. The highest BCUT2D eigenvalue weighted by molar-refractivity contribution is 5.96. The molecule has 2 rings (SSSR count). The lowest BCUT2D eigenvalue weighted by Crippen LogP contribution is -2.39. The molecule has 5 heteroatoms. The smallest absolute Gasteiger partial charge is 0.251 e. The fraction of sp³-hybridized carbons (Fsp3) is 0.467. The number of nitrogens with one attached hydrogen (secondary N) is 1. The highest BCUT2D eigenvalue weighted by Crippen LogP contribution is 2.15. The molecule has 0 bridgehead atoms. The van der Waals surface area contributed by atoms with Gasteiger partial charge in [0.15, 0.2) is 0 Å². The molecule has 108 valence electrons. The minimum absolute atomic E-state index is 0.00488. The average molecular weight is 276 g/mol. The number of carbonyl (C=O) groups excluding carboxylic acids is 2. The molecule has 1 heterocycles. The predicted octanol–water partition coefficient (Wildman–Crippen LogP) is 0.566. The molecular weight excluding hydrogens is 256 g/mol. The Morgan fingerprint density at radius 3 is 2.90 bits per heavy atom. The number of nitrogens with zero attached hydrogens (tertiary/aromatic N) is 1. The first-order valence-corrected chi connectivity index (χ1v) is 6.83. The number of likely N-dealkylation sites (tertiary alicyclic amines) is 1. The van der Waals surface area contributed by atoms with E-state index in [2.05, 4.69) is 5.32 Å². The number of benzene rings is 1. The van der Waals surface area contributed by atoms with E-state index in [-0.39, 0.29) is 30.9 Å². The van der Waals surface area contributed by atoms with Gasteiger partial charge in [0.2, 0.25) is 5.91 Å². The Bertz CT molecular complexity index is 502. The zero-order chi connectivity index (χ0) is 14.5. The number of carbonyl (C=O) groups is 2. The van der Waals surface area contributed by atoms with E-state index in [0.717, 1.165) is 12.0 Å². The second-order valence-corrected chi connectivity index (χ2v) is 5.23. The second kappa shape index (κ2) is 6.52. The summed E-state index contributed by atoms with van der Waals surface area (Å²) >= 11 is 0. The van der Waals surface area contributed by atoms with Gasteiger partial charge in [-0.1, -0.05) is 17.7 Å². The summed E-state index contributed by atoms with van der Waals surface area (Å²) in [4.78, 5) is 25.5. The Morgan fingerprint density at radius 1 is 1.45 bits per heavy atom. The minimum atomic E-state index is -0.236. The maximum Gasteiger partial charge on any atom is 0.251 e. The van der Waals surface area contributed by atoms with Gasteiger partial charge in [0, 0.05) is 31.2 Å². The molecule has 0 spiro atoms. The number of aliphatic hydroxyl groups excluding tert-OH is 1. The summed E-state index contributed by atoms with van der Waals surface area (Å²) in [6.45, 7) is 3.27. The van der Waals surface area contributed by atoms with Crippen LogP contribution in [0.5, 0.6) is 0 Å². The number of aryl methyl sites for hydroxylation is 1. The SMILES string of the molecule is Cc1cccc(C(=O)NCC(=O)N2CCC(CO)C2)c1. The molecule has 5 nitrogen and oxygen atoms in total. The van der Waals surface area contributed by atoms with Gasteiger partial charge in [-0.25, -0.2) is 0 Å². The van der Waals surface area contributed by atoms with Gasteiger partial charge >= 0.3 is 0 Å². The van der Waals surface area contributed by atoms with Gasteiger partial charge in [0.1, 0.15) is 0 Å². The molecule has 2 amide bonds. The molecule has 1 aliphatic rings. The molecule has 0 aliphatic carbocycles. The number of amides is 2. The number of rotatable bonds is 4. The van der Waals surface area contributed by atoms with E-state index >= 15 is 0 Å². The van der Waals surface area contributed by atoms with Crippen LogP contribution in [0, 0.1) is 12.8 Å². The average Bonchev–Trinajstić information content (AvgIpc) is 2.93. The molecule has 1 saturated heterocycles. The Labute approximate surface area is 118 Å². The fourth-order valence-electron chi connectivity index (χ4n) is 2.36. The van der Waals surface area contributed by atoms with E-state index in [1.807, 2.05) is 19.1 Å². The first kappa shape index (κ1) is 14.5. The van der Waals surface area contributed by atoms with Crippen molar-refractivity contribution in [3.05, 3.63) is 35.4 Å². The standard InChI is InChI=1S/C15H20N2O3/c1-11-3-2-4-13(7-11)15(20)16-8-14(19)17-6-5-12(9-17)10-18/h2-4,7,12,18H,5-6,8-10H2,1H3,(H,16,20). The van der Waals surface area contributed by atoms with Gasteiger partial charge in [-0.05, 0) is 25.5 Å². The summed E-state index contributed by atoms with van der Waals surface area (Å²) in [6.07, 6.45) is 0.827. The van der Waals surface area contributed by atoms with Crippen LogP contribution in [0.1, 0.15) is 22.3 Å². The molecular formula is C15H20N2O3. The van der Waals surface area contributed by atoms with Crippen LogP contribution in [0.4, 0.5) is 0 Å². The third kappa shape index (κ3) is 3.57. The largest absolute Gasteiger partial charge is 0.396 e. The molecule has 1 aliphatic heterocycles. The van der Waals surface area contributed by atoms with E-state index in [1.54, 1.807) is 17.0 Å². The lowest BCUT2D eigenvalue weighted by atomic mass is 10.1. The lowest BCUT2D eigenvalue weighted by Gasteiger charge is -2.16. The van der Waals surface area contributed by atoms with Crippen LogP contribution in [0.15, 0.2) is 24.3 Å². The third-order valence-electron chi connectivity index (χ3n) is 3.58. The summed E-state index contributed by atoms with van der Waals surface area (Å²) in [6, 6.07) is 7.25. The van der Waals surface area contributed by atoms with Crippen molar-refractivity contribution in [1.29, 1.82) is 0 Å². The van der Waals surface area contributed by atoms with Crippen molar-refractivity contribution < 1.29 is 14.7 Å². The zero-order valence-electron chi connectivity index (χ0n) is 11.6. The molecule has 0 aromatic heterocycles. The monoisotopic (exact) mass is 276 g/mol. The zero-order valence-corrected chi connectivity index (χ0v) is 11.6. The van der Waals surface area contributed by atoms with E-state index < -0.39 is 0 Å². The second-order valence-electron chi connectivity index (χ2n) is 5.23. The molecule has 2 N–H and O–H groups in total. The highest BCUT2D eigenvalue weighted by Gasteiger charge is 2.25. The Kier molecular flexibility index (Phi) is 4.74.